The first-order valence-corrected chi connectivity index (χ1v) is 6.46. The minimum Gasteiger partial charge on any atom is -0.496 e. The van der Waals surface area contributed by atoms with Crippen molar-refractivity contribution in [1.29, 1.82) is 0 Å². The Morgan fingerprint density at radius 3 is 2.94 bits per heavy atom. The van der Waals surface area contributed by atoms with Gasteiger partial charge in [0.15, 0.2) is 5.78 Å². The van der Waals surface area contributed by atoms with Gasteiger partial charge in [-0.25, -0.2) is 4.39 Å². The van der Waals surface area contributed by atoms with Crippen molar-refractivity contribution < 1.29 is 13.9 Å². The molecule has 0 aliphatic carbocycles. The fraction of sp³-hybridized carbons (Fsp3) is 0.154. The summed E-state index contributed by atoms with van der Waals surface area (Å²) >= 11 is 6.95. The fourth-order valence-electron chi connectivity index (χ4n) is 1.52. The van der Waals surface area contributed by atoms with Gasteiger partial charge in [0.2, 0.25) is 0 Å². The summed E-state index contributed by atoms with van der Waals surface area (Å²) in [7, 11) is 1.53. The van der Waals surface area contributed by atoms with Gasteiger partial charge in [0.25, 0.3) is 0 Å². The fourth-order valence-corrected chi connectivity index (χ4v) is 2.51. The van der Waals surface area contributed by atoms with Crippen molar-refractivity contribution >= 4 is 28.7 Å². The highest BCUT2D eigenvalue weighted by atomic mass is 35.5. The third-order valence-corrected chi connectivity index (χ3v) is 3.71. The number of carbonyl (C=O) groups excluding carboxylic acids is 1. The molecule has 0 bridgehead atoms. The average molecular weight is 285 g/mol. The first-order valence-electron chi connectivity index (χ1n) is 5.20. The number of halogens is 2. The number of ether oxygens (including phenoxy) is 1. The van der Waals surface area contributed by atoms with Gasteiger partial charge >= 0.3 is 0 Å². The van der Waals surface area contributed by atoms with Crippen molar-refractivity contribution in [3.8, 4) is 5.75 Å². The predicted octanol–water partition coefficient (Wildman–Crippen LogP) is 3.97. The van der Waals surface area contributed by atoms with Crippen LogP contribution in [-0.2, 0) is 6.42 Å². The minimum absolute atomic E-state index is 0.00391. The van der Waals surface area contributed by atoms with Gasteiger partial charge in [0.05, 0.1) is 17.0 Å². The van der Waals surface area contributed by atoms with Crippen LogP contribution in [0.3, 0.4) is 0 Å². The summed E-state index contributed by atoms with van der Waals surface area (Å²) in [6.45, 7) is 0. The summed E-state index contributed by atoms with van der Waals surface area (Å²) in [5.74, 6) is -0.0459. The standard InChI is InChI=1S/C13H10ClFO2S/c1-17-9-6-12(18-7-9)11(16)5-8-3-2-4-10(14)13(8)15/h2-4,6-7H,5H2,1H3. The molecule has 0 amide bonds. The molecule has 0 atom stereocenters. The van der Waals surface area contributed by atoms with E-state index in [1.54, 1.807) is 23.6 Å². The van der Waals surface area contributed by atoms with E-state index in [0.29, 0.717) is 16.2 Å². The Labute approximate surface area is 113 Å². The molecular weight excluding hydrogens is 275 g/mol. The Morgan fingerprint density at radius 2 is 2.28 bits per heavy atom. The quantitative estimate of drug-likeness (QED) is 0.794. The highest BCUT2D eigenvalue weighted by molar-refractivity contribution is 7.12. The van der Waals surface area contributed by atoms with Crippen LogP contribution < -0.4 is 4.74 Å². The maximum Gasteiger partial charge on any atom is 0.177 e. The second-order valence-corrected chi connectivity index (χ2v) is 4.98. The Hall–Kier alpha value is -1.39. The van der Waals surface area contributed by atoms with Crippen LogP contribution in [0.4, 0.5) is 4.39 Å². The molecule has 5 heteroatoms. The molecular formula is C13H10ClFO2S. The van der Waals surface area contributed by atoms with Crippen LogP contribution in [0.2, 0.25) is 5.02 Å². The summed E-state index contributed by atoms with van der Waals surface area (Å²) in [5.41, 5.74) is 0.305. The van der Waals surface area contributed by atoms with Crippen LogP contribution in [0.5, 0.6) is 5.75 Å². The average Bonchev–Trinajstić information content (AvgIpc) is 2.83. The summed E-state index contributed by atoms with van der Waals surface area (Å²) in [4.78, 5) is 12.5. The number of hydrogen-bond donors (Lipinski definition) is 0. The van der Waals surface area contributed by atoms with E-state index in [-0.39, 0.29) is 17.2 Å². The smallest absolute Gasteiger partial charge is 0.177 e. The Kier molecular flexibility index (Phi) is 3.99. The molecule has 2 rings (SSSR count). The van der Waals surface area contributed by atoms with Crippen molar-refractivity contribution in [2.45, 2.75) is 6.42 Å². The van der Waals surface area contributed by atoms with Gasteiger partial charge in [-0.1, -0.05) is 23.7 Å². The predicted molar refractivity (Wildman–Crippen MR) is 70.3 cm³/mol. The maximum atomic E-state index is 13.6. The molecule has 2 nitrogen and oxygen atoms in total. The molecule has 0 saturated heterocycles. The third-order valence-electron chi connectivity index (χ3n) is 2.47. The summed E-state index contributed by atoms with van der Waals surface area (Å²) < 4.78 is 18.6. The summed E-state index contributed by atoms with van der Waals surface area (Å²) in [5, 5.41) is 1.77. The van der Waals surface area contributed by atoms with Crippen LogP contribution in [0.1, 0.15) is 15.2 Å². The molecule has 0 N–H and O–H groups in total. The lowest BCUT2D eigenvalue weighted by molar-refractivity contribution is 0.0995. The molecule has 0 unspecified atom stereocenters. The molecule has 1 heterocycles. The molecule has 1 aromatic heterocycles. The van der Waals surface area contributed by atoms with Crippen molar-refractivity contribution in [3.63, 3.8) is 0 Å². The van der Waals surface area contributed by atoms with Gasteiger partial charge in [0, 0.05) is 17.9 Å². The zero-order valence-corrected chi connectivity index (χ0v) is 11.1. The molecule has 0 radical (unpaired) electrons. The Morgan fingerprint density at radius 1 is 1.50 bits per heavy atom. The van der Waals surface area contributed by atoms with E-state index in [2.05, 4.69) is 0 Å². The van der Waals surface area contributed by atoms with E-state index in [9.17, 15) is 9.18 Å². The van der Waals surface area contributed by atoms with E-state index < -0.39 is 5.82 Å². The summed E-state index contributed by atoms with van der Waals surface area (Å²) in [6, 6.07) is 6.29. The SMILES string of the molecule is COc1csc(C(=O)Cc2cccc(Cl)c2F)c1. The van der Waals surface area contributed by atoms with E-state index in [0.717, 1.165) is 0 Å². The first-order chi connectivity index (χ1) is 8.61. The van der Waals surface area contributed by atoms with Gasteiger partial charge in [-0.15, -0.1) is 11.3 Å². The topological polar surface area (TPSA) is 26.3 Å². The van der Waals surface area contributed by atoms with Gasteiger partial charge in [-0.05, 0) is 11.6 Å². The molecule has 0 fully saturated rings. The number of carbonyl (C=O) groups is 1. The normalized spacial score (nSPS) is 10.4. The summed E-state index contributed by atoms with van der Waals surface area (Å²) in [6.07, 6.45) is -0.00391. The van der Waals surface area contributed by atoms with E-state index in [4.69, 9.17) is 16.3 Å². The highest BCUT2D eigenvalue weighted by Crippen LogP contribution is 2.24. The monoisotopic (exact) mass is 284 g/mol. The maximum absolute atomic E-state index is 13.6. The highest BCUT2D eigenvalue weighted by Gasteiger charge is 2.14. The van der Waals surface area contributed by atoms with Crippen LogP contribution in [0.15, 0.2) is 29.6 Å². The second-order valence-electron chi connectivity index (χ2n) is 3.66. The number of methoxy groups -OCH3 is 1. The Bertz CT molecular complexity index is 580. The van der Waals surface area contributed by atoms with Crippen molar-refractivity contribution in [2.75, 3.05) is 7.11 Å². The molecule has 2 aromatic rings. The number of hydrogen-bond acceptors (Lipinski definition) is 3. The lowest BCUT2D eigenvalue weighted by Gasteiger charge is -2.02. The largest absolute Gasteiger partial charge is 0.496 e. The third kappa shape index (κ3) is 2.71. The zero-order valence-electron chi connectivity index (χ0n) is 9.57. The van der Waals surface area contributed by atoms with Gasteiger partial charge in [-0.3, -0.25) is 4.79 Å². The molecule has 0 aliphatic rings. The van der Waals surface area contributed by atoms with Crippen LogP contribution in [0, 0.1) is 5.82 Å². The van der Waals surface area contributed by atoms with Crippen molar-refractivity contribution in [3.05, 3.63) is 50.9 Å². The van der Waals surface area contributed by atoms with Gasteiger partial charge in [-0.2, -0.15) is 0 Å². The lowest BCUT2D eigenvalue weighted by Crippen LogP contribution is -2.03. The number of thiophene rings is 1. The lowest BCUT2D eigenvalue weighted by atomic mass is 10.1. The van der Waals surface area contributed by atoms with E-state index >= 15 is 0 Å². The van der Waals surface area contributed by atoms with E-state index in [1.807, 2.05) is 0 Å². The molecule has 0 aliphatic heterocycles. The molecule has 1 aromatic carbocycles. The van der Waals surface area contributed by atoms with Gasteiger partial charge in [0.1, 0.15) is 11.6 Å². The molecule has 0 spiro atoms. The van der Waals surface area contributed by atoms with Crippen LogP contribution in [-0.4, -0.2) is 12.9 Å². The molecule has 18 heavy (non-hydrogen) atoms. The number of Topliss-reactive ketones (excluding diaryl/α,β-unsaturated/α-hetero) is 1. The number of benzene rings is 1. The molecule has 0 saturated carbocycles. The number of ketones is 1. The van der Waals surface area contributed by atoms with Crippen molar-refractivity contribution in [2.24, 2.45) is 0 Å². The zero-order chi connectivity index (χ0) is 13.1. The second kappa shape index (κ2) is 5.50. The minimum atomic E-state index is -0.531. The van der Waals surface area contributed by atoms with Crippen molar-refractivity contribution in [1.82, 2.24) is 0 Å². The van der Waals surface area contributed by atoms with Crippen LogP contribution >= 0.6 is 22.9 Å². The Balaban J connectivity index is 2.18. The van der Waals surface area contributed by atoms with Gasteiger partial charge < -0.3 is 4.74 Å². The number of rotatable bonds is 4. The first kappa shape index (κ1) is 13.1. The van der Waals surface area contributed by atoms with E-state index in [1.165, 1.54) is 24.5 Å². The molecule has 94 valence electrons. The van der Waals surface area contributed by atoms with Crippen LogP contribution in [0.25, 0.3) is 0 Å².